The monoisotopic (exact) mass is 311 g/mol. The maximum atomic E-state index is 3.30. The third-order valence-electron chi connectivity index (χ3n) is 4.64. The Hall–Kier alpha value is -1.25. The molecule has 0 saturated heterocycles. The number of thioether (sulfide) groups is 1. The van der Waals surface area contributed by atoms with E-state index in [1.54, 1.807) is 0 Å². The van der Waals surface area contributed by atoms with Crippen molar-refractivity contribution in [1.82, 2.24) is 5.32 Å². The molecule has 2 aromatic rings. The quantitative estimate of drug-likeness (QED) is 0.787. The fourth-order valence-corrected chi connectivity index (χ4v) is 5.62. The molecule has 1 atom stereocenters. The second-order valence-electron chi connectivity index (χ2n) is 6.56. The summed E-state index contributed by atoms with van der Waals surface area (Å²) in [6, 6.07) is 20.1. The Balaban J connectivity index is 2.12. The van der Waals surface area contributed by atoms with E-state index in [9.17, 15) is 0 Å². The van der Waals surface area contributed by atoms with E-state index in [4.69, 9.17) is 0 Å². The summed E-state index contributed by atoms with van der Waals surface area (Å²) in [5, 5.41) is 3.30. The average molecular weight is 311 g/mol. The molecule has 0 aromatic heterocycles. The lowest BCUT2D eigenvalue weighted by molar-refractivity contribution is 0.598. The van der Waals surface area contributed by atoms with Crippen molar-refractivity contribution in [3.63, 3.8) is 0 Å². The first-order valence-corrected chi connectivity index (χ1v) is 8.92. The number of hydrogen-bond acceptors (Lipinski definition) is 2. The van der Waals surface area contributed by atoms with Gasteiger partial charge in [-0.2, -0.15) is 0 Å². The molecule has 0 unspecified atom stereocenters. The van der Waals surface area contributed by atoms with Gasteiger partial charge in [-0.3, -0.25) is 0 Å². The lowest BCUT2D eigenvalue weighted by Crippen LogP contribution is -2.23. The van der Waals surface area contributed by atoms with Crippen LogP contribution >= 0.6 is 11.8 Å². The Morgan fingerprint density at radius 2 is 1.55 bits per heavy atom. The first-order valence-electron chi connectivity index (χ1n) is 8.10. The van der Waals surface area contributed by atoms with Gasteiger partial charge < -0.3 is 5.32 Å². The van der Waals surface area contributed by atoms with E-state index < -0.39 is 0 Å². The lowest BCUT2D eigenvalue weighted by atomic mass is 9.82. The summed E-state index contributed by atoms with van der Waals surface area (Å²) >= 11 is 2.12. The highest BCUT2D eigenvalue weighted by atomic mass is 32.2. The van der Waals surface area contributed by atoms with E-state index >= 15 is 0 Å². The predicted octanol–water partition coefficient (Wildman–Crippen LogP) is 4.91. The Bertz CT molecular complexity index is 635. The van der Waals surface area contributed by atoms with Crippen molar-refractivity contribution < 1.29 is 0 Å². The molecule has 2 aromatic carbocycles. The summed E-state index contributed by atoms with van der Waals surface area (Å²) in [5.41, 5.74) is 4.44. The second-order valence-corrected chi connectivity index (χ2v) is 8.48. The summed E-state index contributed by atoms with van der Waals surface area (Å²) in [7, 11) is 2.04. The van der Waals surface area contributed by atoms with Crippen LogP contribution < -0.4 is 5.32 Å². The first kappa shape index (κ1) is 15.6. The number of benzene rings is 2. The highest BCUT2D eigenvalue weighted by molar-refractivity contribution is 8.01. The van der Waals surface area contributed by atoms with Crippen LogP contribution in [0.5, 0.6) is 0 Å². The minimum atomic E-state index is 0.0816. The second kappa shape index (κ2) is 6.10. The predicted molar refractivity (Wildman–Crippen MR) is 97.4 cm³/mol. The molecule has 1 nitrogen and oxygen atoms in total. The van der Waals surface area contributed by atoms with Crippen molar-refractivity contribution in [3.8, 4) is 0 Å². The smallest absolute Gasteiger partial charge is 0.0669 e. The number of hydrogen-bond donors (Lipinski definition) is 1. The van der Waals surface area contributed by atoms with Gasteiger partial charge in [0.2, 0.25) is 0 Å². The SMILES string of the molecule is CNCCC[C@@]1(c2ccccc2)SC(C)(C)c2ccccc21. The first-order chi connectivity index (χ1) is 10.6. The normalized spacial score (nSPS) is 22.5. The molecule has 3 rings (SSSR count). The molecule has 0 aliphatic carbocycles. The van der Waals surface area contributed by atoms with Crippen LogP contribution in [0.25, 0.3) is 0 Å². The van der Waals surface area contributed by atoms with Crippen LogP contribution in [-0.2, 0) is 9.49 Å². The summed E-state index contributed by atoms with van der Waals surface area (Å²) < 4.78 is 0.240. The maximum Gasteiger partial charge on any atom is 0.0669 e. The molecule has 116 valence electrons. The van der Waals surface area contributed by atoms with E-state index in [2.05, 4.69) is 85.5 Å². The zero-order chi connectivity index (χ0) is 15.6. The summed E-state index contributed by atoms with van der Waals surface area (Å²) in [5.74, 6) is 0. The van der Waals surface area contributed by atoms with Crippen molar-refractivity contribution >= 4 is 11.8 Å². The van der Waals surface area contributed by atoms with Gasteiger partial charge >= 0.3 is 0 Å². The molecule has 0 fully saturated rings. The molecule has 0 saturated carbocycles. The van der Waals surface area contributed by atoms with E-state index in [0.29, 0.717) is 0 Å². The number of rotatable bonds is 5. The molecule has 0 bridgehead atoms. The molecule has 1 aliphatic rings. The Morgan fingerprint density at radius 3 is 2.23 bits per heavy atom. The molecule has 0 amide bonds. The molecule has 1 heterocycles. The lowest BCUT2D eigenvalue weighted by Gasteiger charge is -2.32. The van der Waals surface area contributed by atoms with Gasteiger partial charge in [-0.15, -0.1) is 11.8 Å². The minimum Gasteiger partial charge on any atom is -0.320 e. The molecular weight excluding hydrogens is 286 g/mol. The molecular formula is C20H25NS. The van der Waals surface area contributed by atoms with Gasteiger partial charge in [0, 0.05) is 4.75 Å². The Morgan fingerprint density at radius 1 is 0.909 bits per heavy atom. The van der Waals surface area contributed by atoms with Gasteiger partial charge in [-0.25, -0.2) is 0 Å². The number of nitrogens with one attached hydrogen (secondary N) is 1. The van der Waals surface area contributed by atoms with Crippen LogP contribution in [0.1, 0.15) is 43.4 Å². The van der Waals surface area contributed by atoms with Gasteiger partial charge in [-0.05, 0) is 57.0 Å². The van der Waals surface area contributed by atoms with E-state index in [0.717, 1.165) is 6.54 Å². The van der Waals surface area contributed by atoms with Crippen LogP contribution in [0.2, 0.25) is 0 Å². The maximum absolute atomic E-state index is 3.30. The topological polar surface area (TPSA) is 12.0 Å². The van der Waals surface area contributed by atoms with Crippen LogP contribution in [0.15, 0.2) is 54.6 Å². The Kier molecular flexibility index (Phi) is 4.33. The van der Waals surface area contributed by atoms with E-state index in [1.165, 1.54) is 29.5 Å². The van der Waals surface area contributed by atoms with E-state index in [-0.39, 0.29) is 9.49 Å². The van der Waals surface area contributed by atoms with Crippen molar-refractivity contribution in [2.75, 3.05) is 13.6 Å². The molecule has 22 heavy (non-hydrogen) atoms. The van der Waals surface area contributed by atoms with Crippen molar-refractivity contribution in [2.24, 2.45) is 0 Å². The fraction of sp³-hybridized carbons (Fsp3) is 0.400. The van der Waals surface area contributed by atoms with Crippen LogP contribution in [0, 0.1) is 0 Å². The van der Waals surface area contributed by atoms with Gasteiger partial charge in [0.15, 0.2) is 0 Å². The van der Waals surface area contributed by atoms with E-state index in [1.807, 2.05) is 7.05 Å². The number of fused-ring (bicyclic) bond motifs is 1. The molecule has 1 N–H and O–H groups in total. The van der Waals surface area contributed by atoms with Gasteiger partial charge in [0.1, 0.15) is 0 Å². The summed E-state index contributed by atoms with van der Waals surface area (Å²) in [6.07, 6.45) is 2.35. The van der Waals surface area contributed by atoms with Gasteiger partial charge in [-0.1, -0.05) is 54.6 Å². The third-order valence-corrected chi connectivity index (χ3v) is 6.37. The zero-order valence-corrected chi connectivity index (χ0v) is 14.5. The average Bonchev–Trinajstić information content (AvgIpc) is 2.78. The standard InChI is InChI=1S/C20H25NS/c1-19(2)17-12-7-8-13-18(17)20(22-19,14-9-15-21-3)16-10-5-4-6-11-16/h4-8,10-13,21H,9,14-15H2,1-3H3/t20-/m0/s1. The largest absolute Gasteiger partial charge is 0.320 e. The minimum absolute atomic E-state index is 0.0816. The summed E-state index contributed by atoms with van der Waals surface area (Å²) in [4.78, 5) is 0. The highest BCUT2D eigenvalue weighted by Gasteiger charge is 2.48. The highest BCUT2D eigenvalue weighted by Crippen LogP contribution is 2.62. The van der Waals surface area contributed by atoms with Crippen LogP contribution in [0.4, 0.5) is 0 Å². The molecule has 0 spiro atoms. The van der Waals surface area contributed by atoms with Crippen molar-refractivity contribution in [1.29, 1.82) is 0 Å². The Labute approximate surface area is 138 Å². The van der Waals surface area contributed by atoms with Gasteiger partial charge in [0.25, 0.3) is 0 Å². The van der Waals surface area contributed by atoms with Crippen LogP contribution in [-0.4, -0.2) is 13.6 Å². The summed E-state index contributed by atoms with van der Waals surface area (Å²) in [6.45, 7) is 5.79. The van der Waals surface area contributed by atoms with Crippen LogP contribution in [0.3, 0.4) is 0 Å². The molecule has 1 aliphatic heterocycles. The zero-order valence-electron chi connectivity index (χ0n) is 13.7. The third kappa shape index (κ3) is 2.59. The van der Waals surface area contributed by atoms with Gasteiger partial charge in [0.05, 0.1) is 4.75 Å². The van der Waals surface area contributed by atoms with Crippen molar-refractivity contribution in [2.45, 2.75) is 36.2 Å². The molecule has 2 heteroatoms. The fourth-order valence-electron chi connectivity index (χ4n) is 3.67. The van der Waals surface area contributed by atoms with Crippen molar-refractivity contribution in [3.05, 3.63) is 71.3 Å². The molecule has 0 radical (unpaired) electrons.